The highest BCUT2D eigenvalue weighted by Crippen LogP contribution is 2.33. The first-order valence-electron chi connectivity index (χ1n) is 8.37. The number of anilines is 1. The largest absolute Gasteiger partial charge is 0.341 e. The molecule has 0 aliphatic carbocycles. The number of rotatable bonds is 6. The second-order valence-corrected chi connectivity index (χ2v) is 6.63. The van der Waals surface area contributed by atoms with Gasteiger partial charge in [0.1, 0.15) is 5.69 Å². The SMILES string of the molecule is CC(=O)N(Cc1c(-c2ccccc2)noc1N(C)C(C)C)C(C)C. The van der Waals surface area contributed by atoms with E-state index in [4.69, 9.17) is 4.52 Å². The van der Waals surface area contributed by atoms with Crippen molar-refractivity contribution in [2.45, 2.75) is 53.2 Å². The maximum atomic E-state index is 12.0. The standard InChI is InChI=1S/C19H27N3O2/c1-13(2)21(6)19-17(12-22(14(3)4)15(5)23)18(20-24-19)16-10-8-7-9-11-16/h7-11,13-14H,12H2,1-6H3. The number of amides is 1. The van der Waals surface area contributed by atoms with Gasteiger partial charge in [0.15, 0.2) is 0 Å². The quantitative estimate of drug-likeness (QED) is 0.805. The third-order valence-corrected chi connectivity index (χ3v) is 4.27. The summed E-state index contributed by atoms with van der Waals surface area (Å²) < 4.78 is 5.67. The fourth-order valence-electron chi connectivity index (χ4n) is 2.61. The summed E-state index contributed by atoms with van der Waals surface area (Å²) in [5, 5.41) is 4.31. The van der Waals surface area contributed by atoms with Crippen molar-refractivity contribution in [3.63, 3.8) is 0 Å². The Hall–Kier alpha value is -2.30. The summed E-state index contributed by atoms with van der Waals surface area (Å²) in [7, 11) is 1.98. The monoisotopic (exact) mass is 329 g/mol. The van der Waals surface area contributed by atoms with Gasteiger partial charge in [-0.25, -0.2) is 0 Å². The number of carbonyl (C=O) groups is 1. The molecule has 0 atom stereocenters. The van der Waals surface area contributed by atoms with E-state index in [9.17, 15) is 4.79 Å². The molecule has 0 bridgehead atoms. The lowest BCUT2D eigenvalue weighted by Crippen LogP contribution is -2.35. The van der Waals surface area contributed by atoms with Crippen LogP contribution in [0.25, 0.3) is 11.3 Å². The molecule has 0 aliphatic heterocycles. The first-order valence-corrected chi connectivity index (χ1v) is 8.37. The lowest BCUT2D eigenvalue weighted by Gasteiger charge is -2.27. The Morgan fingerprint density at radius 1 is 1.12 bits per heavy atom. The van der Waals surface area contributed by atoms with Crippen LogP contribution in [0, 0.1) is 0 Å². The highest BCUT2D eigenvalue weighted by atomic mass is 16.5. The van der Waals surface area contributed by atoms with Gasteiger partial charge in [0.2, 0.25) is 11.8 Å². The van der Waals surface area contributed by atoms with E-state index in [1.54, 1.807) is 6.92 Å². The minimum Gasteiger partial charge on any atom is -0.341 e. The predicted molar refractivity (Wildman–Crippen MR) is 96.8 cm³/mol. The number of carbonyl (C=O) groups excluding carboxylic acids is 1. The van der Waals surface area contributed by atoms with Crippen molar-refractivity contribution >= 4 is 11.8 Å². The van der Waals surface area contributed by atoms with Crippen molar-refractivity contribution < 1.29 is 9.32 Å². The van der Waals surface area contributed by atoms with Crippen LogP contribution in [0.2, 0.25) is 0 Å². The highest BCUT2D eigenvalue weighted by molar-refractivity contribution is 5.75. The van der Waals surface area contributed by atoms with Crippen LogP contribution in [0.15, 0.2) is 34.9 Å². The van der Waals surface area contributed by atoms with Crippen LogP contribution in [0.3, 0.4) is 0 Å². The molecule has 1 aromatic carbocycles. The van der Waals surface area contributed by atoms with Gasteiger partial charge in [-0.05, 0) is 27.7 Å². The van der Waals surface area contributed by atoms with Crippen molar-refractivity contribution in [1.82, 2.24) is 10.1 Å². The fraction of sp³-hybridized carbons (Fsp3) is 0.474. The summed E-state index contributed by atoms with van der Waals surface area (Å²) in [5.74, 6) is 0.763. The summed E-state index contributed by atoms with van der Waals surface area (Å²) in [6.45, 7) is 10.3. The summed E-state index contributed by atoms with van der Waals surface area (Å²) >= 11 is 0. The molecular weight excluding hydrogens is 302 g/mol. The van der Waals surface area contributed by atoms with Crippen molar-refractivity contribution in [2.24, 2.45) is 0 Å². The van der Waals surface area contributed by atoms with Gasteiger partial charge in [-0.2, -0.15) is 0 Å². The van der Waals surface area contributed by atoms with Crippen molar-refractivity contribution in [3.05, 3.63) is 35.9 Å². The molecule has 130 valence electrons. The van der Waals surface area contributed by atoms with Gasteiger partial charge in [0.25, 0.3) is 0 Å². The normalized spacial score (nSPS) is 11.2. The molecule has 24 heavy (non-hydrogen) atoms. The second kappa shape index (κ2) is 7.51. The van der Waals surface area contributed by atoms with Crippen molar-refractivity contribution in [2.75, 3.05) is 11.9 Å². The molecule has 2 rings (SSSR count). The number of aromatic nitrogens is 1. The van der Waals surface area contributed by atoms with Crippen molar-refractivity contribution in [1.29, 1.82) is 0 Å². The molecule has 0 saturated carbocycles. The van der Waals surface area contributed by atoms with Crippen LogP contribution in [0.5, 0.6) is 0 Å². The lowest BCUT2D eigenvalue weighted by atomic mass is 10.1. The van der Waals surface area contributed by atoms with Gasteiger partial charge in [-0.3, -0.25) is 4.79 Å². The molecule has 0 fully saturated rings. The van der Waals surface area contributed by atoms with Crippen LogP contribution in [-0.4, -0.2) is 35.1 Å². The van der Waals surface area contributed by atoms with Crippen LogP contribution in [0.4, 0.5) is 5.88 Å². The van der Waals surface area contributed by atoms with E-state index < -0.39 is 0 Å². The fourth-order valence-corrected chi connectivity index (χ4v) is 2.61. The summed E-state index contributed by atoms with van der Waals surface area (Å²) in [5.41, 5.74) is 2.73. The van der Waals surface area contributed by atoms with Crippen LogP contribution >= 0.6 is 0 Å². The molecule has 5 nitrogen and oxygen atoms in total. The summed E-state index contributed by atoms with van der Waals surface area (Å²) in [6, 6.07) is 10.3. The first-order chi connectivity index (χ1) is 11.3. The minimum atomic E-state index is 0.0448. The molecule has 5 heteroatoms. The number of benzene rings is 1. The Labute approximate surface area is 144 Å². The van der Waals surface area contributed by atoms with E-state index in [-0.39, 0.29) is 18.0 Å². The zero-order valence-corrected chi connectivity index (χ0v) is 15.4. The minimum absolute atomic E-state index is 0.0448. The third kappa shape index (κ3) is 3.78. The molecule has 0 N–H and O–H groups in total. The van der Waals surface area contributed by atoms with E-state index in [1.807, 2.05) is 61.0 Å². The molecule has 0 radical (unpaired) electrons. The van der Waals surface area contributed by atoms with E-state index in [1.165, 1.54) is 0 Å². The molecule has 1 heterocycles. The number of nitrogens with zero attached hydrogens (tertiary/aromatic N) is 3. The Kier molecular flexibility index (Phi) is 5.65. The van der Waals surface area contributed by atoms with Crippen LogP contribution in [0.1, 0.15) is 40.2 Å². The van der Waals surface area contributed by atoms with Crippen LogP contribution < -0.4 is 4.90 Å². The molecular formula is C19H27N3O2. The Morgan fingerprint density at radius 3 is 2.25 bits per heavy atom. The van der Waals surface area contributed by atoms with E-state index >= 15 is 0 Å². The highest BCUT2D eigenvalue weighted by Gasteiger charge is 2.25. The molecule has 0 unspecified atom stereocenters. The van der Waals surface area contributed by atoms with E-state index in [0.29, 0.717) is 6.54 Å². The average molecular weight is 329 g/mol. The zero-order valence-electron chi connectivity index (χ0n) is 15.4. The Bertz CT molecular complexity index is 677. The molecule has 0 spiro atoms. The third-order valence-electron chi connectivity index (χ3n) is 4.27. The maximum Gasteiger partial charge on any atom is 0.232 e. The van der Waals surface area contributed by atoms with Gasteiger partial charge in [0, 0.05) is 31.6 Å². The molecule has 0 saturated heterocycles. The molecule has 1 aromatic heterocycles. The second-order valence-electron chi connectivity index (χ2n) is 6.63. The average Bonchev–Trinajstić information content (AvgIpc) is 2.95. The molecule has 1 amide bonds. The van der Waals surface area contributed by atoms with Gasteiger partial charge in [-0.15, -0.1) is 0 Å². The van der Waals surface area contributed by atoms with E-state index in [0.717, 1.165) is 22.7 Å². The molecule has 2 aromatic rings. The lowest BCUT2D eigenvalue weighted by molar-refractivity contribution is -0.131. The van der Waals surface area contributed by atoms with Crippen molar-refractivity contribution in [3.8, 4) is 11.3 Å². The summed E-state index contributed by atoms with van der Waals surface area (Å²) in [6.07, 6.45) is 0. The Morgan fingerprint density at radius 2 is 1.75 bits per heavy atom. The predicted octanol–water partition coefficient (Wildman–Crippen LogP) is 3.94. The van der Waals surface area contributed by atoms with Gasteiger partial charge in [-0.1, -0.05) is 35.5 Å². The number of hydrogen-bond donors (Lipinski definition) is 0. The molecule has 0 aliphatic rings. The maximum absolute atomic E-state index is 12.0. The van der Waals surface area contributed by atoms with Crippen LogP contribution in [-0.2, 0) is 11.3 Å². The summed E-state index contributed by atoms with van der Waals surface area (Å²) in [4.78, 5) is 15.9. The first kappa shape index (κ1) is 18.0. The van der Waals surface area contributed by atoms with Gasteiger partial charge >= 0.3 is 0 Å². The van der Waals surface area contributed by atoms with E-state index in [2.05, 4.69) is 19.0 Å². The topological polar surface area (TPSA) is 49.6 Å². The number of hydrogen-bond acceptors (Lipinski definition) is 4. The van der Waals surface area contributed by atoms with Gasteiger partial charge in [0.05, 0.1) is 12.1 Å². The zero-order chi connectivity index (χ0) is 17.9. The van der Waals surface area contributed by atoms with Gasteiger partial charge < -0.3 is 14.3 Å². The smallest absolute Gasteiger partial charge is 0.232 e. The Balaban J connectivity index is 2.52.